The van der Waals surface area contributed by atoms with Crippen molar-refractivity contribution in [3.8, 4) is 0 Å². The van der Waals surface area contributed by atoms with Gasteiger partial charge in [-0.3, -0.25) is 0 Å². The van der Waals surface area contributed by atoms with Crippen LogP contribution in [0.15, 0.2) is 0 Å². The number of amides is 2. The standard InChI is InChI=1S/C11H22N2O2/c1-3-4-6-12-11(15)13-7-5-10(8-13)9(2)14/h9-10,14H,3-8H2,1-2H3,(H,12,15). The highest BCUT2D eigenvalue weighted by Gasteiger charge is 2.28. The molecule has 2 N–H and O–H groups in total. The number of hydrogen-bond donors (Lipinski definition) is 2. The summed E-state index contributed by atoms with van der Waals surface area (Å²) in [6, 6.07) is 0.0200. The fourth-order valence-electron chi connectivity index (χ4n) is 1.85. The molecule has 0 saturated carbocycles. The predicted molar refractivity (Wildman–Crippen MR) is 59.7 cm³/mol. The molecule has 0 aromatic carbocycles. The Morgan fingerprint density at radius 3 is 2.93 bits per heavy atom. The minimum Gasteiger partial charge on any atom is -0.393 e. The number of aliphatic hydroxyl groups is 1. The van der Waals surface area contributed by atoms with Crippen molar-refractivity contribution in [2.24, 2.45) is 5.92 Å². The second-order valence-electron chi connectivity index (χ2n) is 4.32. The molecule has 4 heteroatoms. The molecule has 1 saturated heterocycles. The van der Waals surface area contributed by atoms with Crippen LogP contribution < -0.4 is 5.32 Å². The monoisotopic (exact) mass is 214 g/mol. The third-order valence-electron chi connectivity index (χ3n) is 3.00. The average Bonchev–Trinajstić information content (AvgIpc) is 2.66. The topological polar surface area (TPSA) is 52.6 Å². The highest BCUT2D eigenvalue weighted by Crippen LogP contribution is 2.19. The molecule has 0 spiro atoms. The van der Waals surface area contributed by atoms with E-state index in [0.717, 1.165) is 32.4 Å². The first-order valence-corrected chi connectivity index (χ1v) is 5.86. The van der Waals surface area contributed by atoms with Crippen LogP contribution in [0, 0.1) is 5.92 Å². The lowest BCUT2D eigenvalue weighted by molar-refractivity contribution is 0.129. The van der Waals surface area contributed by atoms with Crippen molar-refractivity contribution in [1.29, 1.82) is 0 Å². The Labute approximate surface area is 91.6 Å². The average molecular weight is 214 g/mol. The van der Waals surface area contributed by atoms with Gasteiger partial charge >= 0.3 is 6.03 Å². The number of rotatable bonds is 4. The first kappa shape index (κ1) is 12.3. The fourth-order valence-corrected chi connectivity index (χ4v) is 1.85. The molecule has 0 bridgehead atoms. The molecule has 2 amide bonds. The van der Waals surface area contributed by atoms with Crippen molar-refractivity contribution in [3.05, 3.63) is 0 Å². The lowest BCUT2D eigenvalue weighted by Gasteiger charge is -2.18. The van der Waals surface area contributed by atoms with Crippen LogP contribution in [0.3, 0.4) is 0 Å². The van der Waals surface area contributed by atoms with E-state index in [1.807, 2.05) is 0 Å². The maximum atomic E-state index is 11.6. The van der Waals surface area contributed by atoms with E-state index in [9.17, 15) is 9.90 Å². The van der Waals surface area contributed by atoms with E-state index in [0.29, 0.717) is 6.54 Å². The van der Waals surface area contributed by atoms with Crippen molar-refractivity contribution < 1.29 is 9.90 Å². The molecule has 4 nitrogen and oxygen atoms in total. The van der Waals surface area contributed by atoms with E-state index < -0.39 is 0 Å². The van der Waals surface area contributed by atoms with Crippen molar-refractivity contribution in [3.63, 3.8) is 0 Å². The normalized spacial score (nSPS) is 22.9. The Balaban J connectivity index is 2.24. The summed E-state index contributed by atoms with van der Waals surface area (Å²) in [7, 11) is 0. The van der Waals surface area contributed by atoms with Crippen LogP contribution in [0.25, 0.3) is 0 Å². The summed E-state index contributed by atoms with van der Waals surface area (Å²) in [6.07, 6.45) is 2.73. The smallest absolute Gasteiger partial charge is 0.317 e. The maximum Gasteiger partial charge on any atom is 0.317 e. The number of nitrogens with zero attached hydrogens (tertiary/aromatic N) is 1. The van der Waals surface area contributed by atoms with Crippen LogP contribution >= 0.6 is 0 Å². The number of likely N-dealkylation sites (tertiary alicyclic amines) is 1. The second kappa shape index (κ2) is 5.95. The van der Waals surface area contributed by atoms with Gasteiger partial charge in [-0.25, -0.2) is 4.79 Å². The van der Waals surface area contributed by atoms with Crippen LogP contribution in [0.2, 0.25) is 0 Å². The zero-order valence-corrected chi connectivity index (χ0v) is 9.70. The fraction of sp³-hybridized carbons (Fsp3) is 0.909. The van der Waals surface area contributed by atoms with Gasteiger partial charge in [-0.05, 0) is 19.8 Å². The van der Waals surface area contributed by atoms with Crippen molar-refractivity contribution in [2.75, 3.05) is 19.6 Å². The second-order valence-corrected chi connectivity index (χ2v) is 4.32. The summed E-state index contributed by atoms with van der Waals surface area (Å²) < 4.78 is 0. The van der Waals surface area contributed by atoms with Crippen LogP contribution in [0.1, 0.15) is 33.1 Å². The molecule has 1 aliphatic heterocycles. The van der Waals surface area contributed by atoms with Crippen molar-refractivity contribution >= 4 is 6.03 Å². The third kappa shape index (κ3) is 3.70. The zero-order valence-electron chi connectivity index (χ0n) is 9.70. The van der Waals surface area contributed by atoms with Gasteiger partial charge in [-0.15, -0.1) is 0 Å². The van der Waals surface area contributed by atoms with Gasteiger partial charge in [0, 0.05) is 25.6 Å². The van der Waals surface area contributed by atoms with Gasteiger partial charge in [0.05, 0.1) is 6.10 Å². The van der Waals surface area contributed by atoms with Gasteiger partial charge in [-0.2, -0.15) is 0 Å². The summed E-state index contributed by atoms with van der Waals surface area (Å²) in [6.45, 7) is 6.11. The Morgan fingerprint density at radius 2 is 2.40 bits per heavy atom. The van der Waals surface area contributed by atoms with Crippen LogP contribution in [-0.4, -0.2) is 41.8 Å². The summed E-state index contributed by atoms with van der Waals surface area (Å²) >= 11 is 0. The Kier molecular flexibility index (Phi) is 4.88. The molecule has 0 aliphatic carbocycles. The minimum atomic E-state index is -0.307. The van der Waals surface area contributed by atoms with E-state index in [4.69, 9.17) is 0 Å². The Morgan fingerprint density at radius 1 is 1.67 bits per heavy atom. The van der Waals surface area contributed by atoms with Gasteiger partial charge in [0.15, 0.2) is 0 Å². The number of carbonyl (C=O) groups is 1. The summed E-state index contributed by atoms with van der Waals surface area (Å²) in [5, 5.41) is 12.3. The molecule has 1 aliphatic rings. The molecule has 1 heterocycles. The lowest BCUT2D eigenvalue weighted by Crippen LogP contribution is -2.39. The number of nitrogens with one attached hydrogen (secondary N) is 1. The molecular formula is C11H22N2O2. The van der Waals surface area contributed by atoms with E-state index in [-0.39, 0.29) is 18.1 Å². The van der Waals surface area contributed by atoms with E-state index in [2.05, 4.69) is 12.2 Å². The lowest BCUT2D eigenvalue weighted by atomic mass is 10.0. The van der Waals surface area contributed by atoms with Gasteiger partial charge in [0.25, 0.3) is 0 Å². The first-order valence-electron chi connectivity index (χ1n) is 5.86. The summed E-state index contributed by atoms with van der Waals surface area (Å²) in [4.78, 5) is 13.4. The molecule has 15 heavy (non-hydrogen) atoms. The first-order chi connectivity index (χ1) is 7.15. The van der Waals surface area contributed by atoms with Crippen molar-refractivity contribution in [1.82, 2.24) is 10.2 Å². The third-order valence-corrected chi connectivity index (χ3v) is 3.00. The minimum absolute atomic E-state index is 0.0200. The van der Waals surface area contributed by atoms with E-state index in [1.165, 1.54) is 0 Å². The van der Waals surface area contributed by atoms with Gasteiger partial charge < -0.3 is 15.3 Å². The molecule has 0 radical (unpaired) electrons. The van der Waals surface area contributed by atoms with Gasteiger partial charge in [0.2, 0.25) is 0 Å². The van der Waals surface area contributed by atoms with Crippen LogP contribution in [0.4, 0.5) is 4.79 Å². The maximum absolute atomic E-state index is 11.6. The molecule has 1 rings (SSSR count). The number of hydrogen-bond acceptors (Lipinski definition) is 2. The van der Waals surface area contributed by atoms with Crippen LogP contribution in [0.5, 0.6) is 0 Å². The number of urea groups is 1. The number of carbonyl (C=O) groups excluding carboxylic acids is 1. The Bertz CT molecular complexity index is 207. The van der Waals surface area contributed by atoms with Gasteiger partial charge in [0.1, 0.15) is 0 Å². The largest absolute Gasteiger partial charge is 0.393 e. The quantitative estimate of drug-likeness (QED) is 0.691. The SMILES string of the molecule is CCCCNC(=O)N1CCC(C(C)O)C1. The highest BCUT2D eigenvalue weighted by molar-refractivity contribution is 5.74. The molecule has 2 unspecified atom stereocenters. The highest BCUT2D eigenvalue weighted by atomic mass is 16.3. The van der Waals surface area contributed by atoms with Crippen molar-refractivity contribution in [2.45, 2.75) is 39.2 Å². The molecule has 0 aromatic heterocycles. The molecule has 88 valence electrons. The van der Waals surface area contributed by atoms with E-state index >= 15 is 0 Å². The molecular weight excluding hydrogens is 192 g/mol. The van der Waals surface area contributed by atoms with Gasteiger partial charge in [-0.1, -0.05) is 13.3 Å². The number of aliphatic hydroxyl groups excluding tert-OH is 1. The summed E-state index contributed by atoms with van der Waals surface area (Å²) in [5.74, 6) is 0.252. The molecule has 0 aromatic rings. The summed E-state index contributed by atoms with van der Waals surface area (Å²) in [5.41, 5.74) is 0. The molecule has 2 atom stereocenters. The molecule has 1 fully saturated rings. The number of unbranched alkanes of at least 4 members (excludes halogenated alkanes) is 1. The Hall–Kier alpha value is -0.770. The van der Waals surface area contributed by atoms with E-state index in [1.54, 1.807) is 11.8 Å². The predicted octanol–water partition coefficient (Wildman–Crippen LogP) is 1.20. The zero-order chi connectivity index (χ0) is 11.3. The van der Waals surface area contributed by atoms with Crippen LogP contribution in [-0.2, 0) is 0 Å².